The number of phenols is 2. The Morgan fingerprint density at radius 3 is 2.38 bits per heavy atom. The molecule has 0 aliphatic carbocycles. The van der Waals surface area contributed by atoms with Gasteiger partial charge in [-0.3, -0.25) is 0 Å². The molecule has 3 rings (SSSR count). The summed E-state index contributed by atoms with van der Waals surface area (Å²) in [6.45, 7) is 0. The number of benzene rings is 2. The Morgan fingerprint density at radius 2 is 1.75 bits per heavy atom. The highest BCUT2D eigenvalue weighted by Gasteiger charge is 2.19. The molecule has 0 aliphatic heterocycles. The monoisotopic (exact) mass is 453 g/mol. The first-order valence-corrected chi connectivity index (χ1v) is 8.17. The molecule has 0 fully saturated rings. The molecule has 122 valence electrons. The molecule has 0 atom stereocenters. The topological polar surface area (TPSA) is 104 Å². The average molecular weight is 455 g/mol. The molecule has 0 aliphatic rings. The smallest absolute Gasteiger partial charge is 0.335 e. The van der Waals surface area contributed by atoms with E-state index >= 15 is 0 Å². The van der Waals surface area contributed by atoms with Crippen LogP contribution in [0.25, 0.3) is 22.8 Å². The number of hydrogen-bond acceptors (Lipinski definition) is 5. The van der Waals surface area contributed by atoms with Crippen LogP contribution >= 0.6 is 31.9 Å². The minimum Gasteiger partial charge on any atom is -0.503 e. The number of carboxylic acids is 1. The molecule has 0 saturated carbocycles. The summed E-state index contributed by atoms with van der Waals surface area (Å²) < 4.78 is 6.23. The maximum Gasteiger partial charge on any atom is 0.335 e. The minimum atomic E-state index is -1.01. The van der Waals surface area contributed by atoms with Crippen molar-refractivity contribution < 1.29 is 24.5 Å². The van der Waals surface area contributed by atoms with Gasteiger partial charge in [0.25, 0.3) is 0 Å². The summed E-state index contributed by atoms with van der Waals surface area (Å²) in [4.78, 5) is 15.0. The lowest BCUT2D eigenvalue weighted by atomic mass is 10.1. The third kappa shape index (κ3) is 2.90. The van der Waals surface area contributed by atoms with E-state index in [1.54, 1.807) is 18.2 Å². The van der Waals surface area contributed by atoms with Crippen LogP contribution in [0.1, 0.15) is 10.4 Å². The van der Waals surface area contributed by atoms with Crippen molar-refractivity contribution in [1.82, 2.24) is 4.98 Å². The number of oxazole rings is 1. The highest BCUT2D eigenvalue weighted by atomic mass is 79.9. The quantitative estimate of drug-likeness (QED) is 0.498. The summed E-state index contributed by atoms with van der Waals surface area (Å²) in [5, 5.41) is 28.5. The second-order valence-corrected chi connectivity index (χ2v) is 6.48. The maximum absolute atomic E-state index is 10.9. The standard InChI is InChI=1S/C16H9Br2NO5/c17-10-5-9(12(18)14(21)13(10)20)15-19-6-11(24-15)7-1-3-8(4-2-7)16(22)23/h1-6,20-21H,(H,22,23). The van der Waals surface area contributed by atoms with Crippen LogP contribution in [0.5, 0.6) is 11.5 Å². The number of carbonyl (C=O) groups is 1. The van der Waals surface area contributed by atoms with Gasteiger partial charge in [-0.25, -0.2) is 9.78 Å². The van der Waals surface area contributed by atoms with Crippen molar-refractivity contribution in [3.8, 4) is 34.3 Å². The Morgan fingerprint density at radius 1 is 1.08 bits per heavy atom. The van der Waals surface area contributed by atoms with Gasteiger partial charge in [0.15, 0.2) is 17.3 Å². The zero-order chi connectivity index (χ0) is 17.4. The predicted molar refractivity (Wildman–Crippen MR) is 93.1 cm³/mol. The number of carboxylic acid groups (broad SMARTS) is 1. The zero-order valence-electron chi connectivity index (χ0n) is 11.8. The SMILES string of the molecule is O=C(O)c1ccc(-c2cnc(-c3cc(Br)c(O)c(O)c3Br)o2)cc1. The first-order chi connectivity index (χ1) is 11.4. The predicted octanol–water partition coefficient (Wildman–Crippen LogP) is 4.64. The van der Waals surface area contributed by atoms with Gasteiger partial charge in [0.1, 0.15) is 0 Å². The molecule has 0 amide bonds. The van der Waals surface area contributed by atoms with E-state index in [-0.39, 0.29) is 27.4 Å². The van der Waals surface area contributed by atoms with E-state index in [2.05, 4.69) is 36.8 Å². The lowest BCUT2D eigenvalue weighted by Crippen LogP contribution is -1.94. The van der Waals surface area contributed by atoms with Gasteiger partial charge in [0.2, 0.25) is 5.89 Å². The third-order valence-electron chi connectivity index (χ3n) is 3.32. The van der Waals surface area contributed by atoms with Gasteiger partial charge in [-0.2, -0.15) is 0 Å². The Hall–Kier alpha value is -2.32. The number of aromatic hydroxyl groups is 2. The molecule has 8 heteroatoms. The molecule has 0 saturated heterocycles. The fourth-order valence-electron chi connectivity index (χ4n) is 2.07. The summed E-state index contributed by atoms with van der Waals surface area (Å²) in [6.07, 6.45) is 1.50. The van der Waals surface area contributed by atoms with Crippen LogP contribution in [0.2, 0.25) is 0 Å². The van der Waals surface area contributed by atoms with Crippen molar-refractivity contribution in [2.24, 2.45) is 0 Å². The summed E-state index contributed by atoms with van der Waals surface area (Å²) in [5.74, 6) is -0.951. The molecule has 3 N–H and O–H groups in total. The van der Waals surface area contributed by atoms with Gasteiger partial charge >= 0.3 is 5.97 Å². The van der Waals surface area contributed by atoms with Crippen LogP contribution in [-0.2, 0) is 0 Å². The highest BCUT2D eigenvalue weighted by Crippen LogP contribution is 2.45. The number of rotatable bonds is 3. The molecular weight excluding hydrogens is 446 g/mol. The molecule has 0 spiro atoms. The van der Waals surface area contributed by atoms with Crippen molar-refractivity contribution in [1.29, 1.82) is 0 Å². The maximum atomic E-state index is 10.9. The molecule has 1 heterocycles. The van der Waals surface area contributed by atoms with Crippen molar-refractivity contribution in [2.45, 2.75) is 0 Å². The summed E-state index contributed by atoms with van der Waals surface area (Å²) >= 11 is 6.34. The molecular formula is C16H9Br2NO5. The van der Waals surface area contributed by atoms with E-state index in [4.69, 9.17) is 9.52 Å². The summed E-state index contributed by atoms with van der Waals surface area (Å²) in [7, 11) is 0. The van der Waals surface area contributed by atoms with Crippen LogP contribution in [0.3, 0.4) is 0 Å². The molecule has 0 bridgehead atoms. The Balaban J connectivity index is 2.01. The number of aromatic nitrogens is 1. The second kappa shape index (κ2) is 6.29. The van der Waals surface area contributed by atoms with Crippen molar-refractivity contribution in [3.05, 3.63) is 51.0 Å². The number of phenolic OH excluding ortho intramolecular Hbond substituents is 2. The number of aromatic carboxylic acids is 1. The lowest BCUT2D eigenvalue weighted by molar-refractivity contribution is 0.0697. The molecule has 24 heavy (non-hydrogen) atoms. The lowest BCUT2D eigenvalue weighted by Gasteiger charge is -2.07. The highest BCUT2D eigenvalue weighted by molar-refractivity contribution is 9.11. The Bertz CT molecular complexity index is 934. The van der Waals surface area contributed by atoms with Gasteiger partial charge in [0.05, 0.1) is 26.3 Å². The van der Waals surface area contributed by atoms with Crippen LogP contribution in [0.15, 0.2) is 49.9 Å². The van der Waals surface area contributed by atoms with Crippen LogP contribution in [-0.4, -0.2) is 26.3 Å². The van der Waals surface area contributed by atoms with Crippen LogP contribution in [0, 0.1) is 0 Å². The van der Waals surface area contributed by atoms with E-state index < -0.39 is 5.97 Å². The fraction of sp³-hybridized carbons (Fsp3) is 0. The molecule has 0 radical (unpaired) electrons. The molecule has 1 aromatic heterocycles. The van der Waals surface area contributed by atoms with E-state index in [9.17, 15) is 15.0 Å². The number of halogens is 2. The second-order valence-electron chi connectivity index (χ2n) is 4.83. The normalized spacial score (nSPS) is 10.8. The third-order valence-corrected chi connectivity index (χ3v) is 4.73. The van der Waals surface area contributed by atoms with Crippen molar-refractivity contribution in [3.63, 3.8) is 0 Å². The summed E-state index contributed by atoms with van der Waals surface area (Å²) in [6, 6.07) is 7.74. The van der Waals surface area contributed by atoms with Gasteiger partial charge in [0, 0.05) is 5.56 Å². The Labute approximate surface area is 152 Å². The first-order valence-electron chi connectivity index (χ1n) is 6.58. The van der Waals surface area contributed by atoms with Crippen LogP contribution in [0.4, 0.5) is 0 Å². The largest absolute Gasteiger partial charge is 0.503 e. The number of nitrogens with zero attached hydrogens (tertiary/aromatic N) is 1. The molecule has 0 unspecified atom stereocenters. The molecule has 2 aromatic carbocycles. The van der Waals surface area contributed by atoms with E-state index in [0.717, 1.165) is 0 Å². The minimum absolute atomic E-state index is 0.175. The van der Waals surface area contributed by atoms with Crippen molar-refractivity contribution in [2.75, 3.05) is 0 Å². The first kappa shape index (κ1) is 16.5. The molecule has 3 aromatic rings. The fourth-order valence-corrected chi connectivity index (χ4v) is 2.96. The van der Waals surface area contributed by atoms with E-state index in [1.165, 1.54) is 18.3 Å². The van der Waals surface area contributed by atoms with Gasteiger partial charge in [-0.05, 0) is 50.1 Å². The van der Waals surface area contributed by atoms with Crippen molar-refractivity contribution >= 4 is 37.8 Å². The van der Waals surface area contributed by atoms with Crippen LogP contribution < -0.4 is 0 Å². The zero-order valence-corrected chi connectivity index (χ0v) is 15.0. The van der Waals surface area contributed by atoms with Gasteiger partial charge < -0.3 is 19.7 Å². The van der Waals surface area contributed by atoms with E-state index in [1.807, 2.05) is 0 Å². The van der Waals surface area contributed by atoms with Gasteiger partial charge in [-0.15, -0.1) is 0 Å². The molecule has 6 nitrogen and oxygen atoms in total. The summed E-state index contributed by atoms with van der Waals surface area (Å²) in [5.41, 5.74) is 1.29. The average Bonchev–Trinajstić information content (AvgIpc) is 3.06. The van der Waals surface area contributed by atoms with Gasteiger partial charge in [-0.1, -0.05) is 12.1 Å². The Kier molecular flexibility index (Phi) is 4.33. The van der Waals surface area contributed by atoms with E-state index in [0.29, 0.717) is 21.4 Å². The number of hydrogen-bond donors (Lipinski definition) is 3.